The van der Waals surface area contributed by atoms with Gasteiger partial charge in [-0.1, -0.05) is 36.2 Å². The Hall–Kier alpha value is -0.950. The summed E-state index contributed by atoms with van der Waals surface area (Å²) in [6.07, 6.45) is 2.82. The quantitative estimate of drug-likeness (QED) is 0.896. The van der Waals surface area contributed by atoms with Gasteiger partial charge >= 0.3 is 0 Å². The summed E-state index contributed by atoms with van der Waals surface area (Å²) in [5.41, 5.74) is 7.90. The van der Waals surface area contributed by atoms with Crippen LogP contribution >= 0.6 is 0 Å². The molecule has 1 aliphatic rings. The molecule has 1 atom stereocenters. The predicted molar refractivity (Wildman–Crippen MR) is 85.0 cm³/mol. The first-order chi connectivity index (χ1) is 9.95. The Morgan fingerprint density at radius 1 is 1.29 bits per heavy atom. The lowest BCUT2D eigenvalue weighted by Crippen LogP contribution is -2.51. The molecule has 21 heavy (non-hydrogen) atoms. The molecule has 1 heterocycles. The molecule has 0 spiro atoms. The zero-order valence-electron chi connectivity index (χ0n) is 12.8. The molecule has 118 valence electrons. The van der Waals surface area contributed by atoms with Crippen molar-refractivity contribution in [3.05, 3.63) is 35.4 Å². The van der Waals surface area contributed by atoms with Crippen LogP contribution in [0.1, 0.15) is 30.4 Å². The maximum Gasteiger partial charge on any atom is 0.282 e. The molecule has 0 aliphatic carbocycles. The molecule has 0 amide bonds. The highest BCUT2D eigenvalue weighted by Crippen LogP contribution is 2.22. The summed E-state index contributed by atoms with van der Waals surface area (Å²) in [4.78, 5) is 0. The molecule has 1 aliphatic heterocycles. The number of piperidine rings is 1. The molecule has 0 radical (unpaired) electrons. The third kappa shape index (κ3) is 3.83. The summed E-state index contributed by atoms with van der Waals surface area (Å²) in [5.74, 6) is 0. The van der Waals surface area contributed by atoms with Crippen molar-refractivity contribution in [3.63, 3.8) is 0 Å². The van der Waals surface area contributed by atoms with E-state index in [1.807, 2.05) is 31.2 Å². The van der Waals surface area contributed by atoms with Gasteiger partial charge in [-0.25, -0.2) is 0 Å². The second-order valence-corrected chi connectivity index (χ2v) is 7.73. The van der Waals surface area contributed by atoms with Gasteiger partial charge in [-0.2, -0.15) is 17.0 Å². The van der Waals surface area contributed by atoms with Gasteiger partial charge in [0, 0.05) is 32.7 Å². The normalized spacial score (nSPS) is 20.9. The average molecular weight is 311 g/mol. The van der Waals surface area contributed by atoms with Crippen LogP contribution in [0.4, 0.5) is 0 Å². The molecule has 0 saturated carbocycles. The Morgan fingerprint density at radius 3 is 2.57 bits per heavy atom. The van der Waals surface area contributed by atoms with E-state index in [9.17, 15) is 8.42 Å². The summed E-state index contributed by atoms with van der Waals surface area (Å²) in [6, 6.07) is 7.87. The van der Waals surface area contributed by atoms with E-state index in [0.29, 0.717) is 19.6 Å². The lowest BCUT2D eigenvalue weighted by Gasteiger charge is -2.36. The lowest BCUT2D eigenvalue weighted by molar-refractivity contribution is 0.240. The number of nitrogens with two attached hydrogens (primary N) is 1. The van der Waals surface area contributed by atoms with Crippen LogP contribution in [0.3, 0.4) is 0 Å². The predicted octanol–water partition coefficient (Wildman–Crippen LogP) is 1.48. The first-order valence-electron chi connectivity index (χ1n) is 7.44. The van der Waals surface area contributed by atoms with E-state index in [1.165, 1.54) is 9.87 Å². The molecule has 0 aromatic heterocycles. The van der Waals surface area contributed by atoms with Crippen molar-refractivity contribution in [1.82, 2.24) is 8.61 Å². The first kappa shape index (κ1) is 16.4. The highest BCUT2D eigenvalue weighted by Gasteiger charge is 2.34. The fourth-order valence-corrected chi connectivity index (χ4v) is 4.32. The number of hydrogen-bond acceptors (Lipinski definition) is 3. The lowest BCUT2D eigenvalue weighted by atomic mass is 10.1. The van der Waals surface area contributed by atoms with Crippen molar-refractivity contribution in [2.75, 3.05) is 20.1 Å². The van der Waals surface area contributed by atoms with Crippen molar-refractivity contribution in [2.24, 2.45) is 5.73 Å². The summed E-state index contributed by atoms with van der Waals surface area (Å²) in [5, 5.41) is 0. The topological polar surface area (TPSA) is 66.6 Å². The third-order valence-electron chi connectivity index (χ3n) is 4.06. The van der Waals surface area contributed by atoms with Crippen molar-refractivity contribution in [2.45, 2.75) is 38.8 Å². The molecule has 1 unspecified atom stereocenters. The van der Waals surface area contributed by atoms with Gasteiger partial charge in [0.1, 0.15) is 0 Å². The smallest absolute Gasteiger partial charge is 0.282 e. The van der Waals surface area contributed by atoms with Crippen molar-refractivity contribution < 1.29 is 8.42 Å². The maximum atomic E-state index is 12.7. The molecule has 1 fully saturated rings. The Morgan fingerprint density at radius 2 is 1.95 bits per heavy atom. The van der Waals surface area contributed by atoms with Crippen LogP contribution in [0.15, 0.2) is 24.3 Å². The molecule has 2 rings (SSSR count). The standard InChI is InChI=1S/C15H25N3O2S/c1-13-6-8-14(9-7-13)12-17(2)21(19,20)18-10-4-3-5-15(18)11-16/h6-9,15H,3-5,10-12,16H2,1-2H3. The highest BCUT2D eigenvalue weighted by atomic mass is 32.2. The summed E-state index contributed by atoms with van der Waals surface area (Å²) in [6.45, 7) is 3.36. The molecule has 0 bridgehead atoms. The van der Waals surface area contributed by atoms with E-state index in [4.69, 9.17) is 5.73 Å². The number of nitrogens with zero attached hydrogens (tertiary/aromatic N) is 2. The summed E-state index contributed by atoms with van der Waals surface area (Å²) < 4.78 is 28.4. The zero-order valence-corrected chi connectivity index (χ0v) is 13.6. The number of rotatable bonds is 5. The van der Waals surface area contributed by atoms with Crippen LogP contribution in [0.5, 0.6) is 0 Å². The van der Waals surface area contributed by atoms with E-state index >= 15 is 0 Å². The second-order valence-electron chi connectivity index (χ2n) is 5.75. The average Bonchev–Trinajstić information content (AvgIpc) is 2.49. The Labute approximate surface area is 127 Å². The second kappa shape index (κ2) is 6.87. The Bertz CT molecular complexity index is 557. The van der Waals surface area contributed by atoms with Gasteiger partial charge in [0.25, 0.3) is 10.2 Å². The molecular weight excluding hydrogens is 286 g/mol. The third-order valence-corrected chi connectivity index (χ3v) is 6.05. The van der Waals surface area contributed by atoms with Crippen molar-refractivity contribution in [3.8, 4) is 0 Å². The first-order valence-corrected chi connectivity index (χ1v) is 8.83. The SMILES string of the molecule is Cc1ccc(CN(C)S(=O)(=O)N2CCCCC2CN)cc1. The van der Waals surface area contributed by atoms with Gasteiger partial charge in [0.2, 0.25) is 0 Å². The van der Waals surface area contributed by atoms with E-state index in [2.05, 4.69) is 0 Å². The number of aryl methyl sites for hydroxylation is 1. The van der Waals surface area contributed by atoms with Crippen LogP contribution in [0.25, 0.3) is 0 Å². The van der Waals surface area contributed by atoms with E-state index in [0.717, 1.165) is 24.8 Å². The van der Waals surface area contributed by atoms with Gasteiger partial charge in [0.15, 0.2) is 0 Å². The summed E-state index contributed by atoms with van der Waals surface area (Å²) in [7, 11) is -1.81. The fraction of sp³-hybridized carbons (Fsp3) is 0.600. The number of benzene rings is 1. The van der Waals surface area contributed by atoms with Gasteiger partial charge in [-0.3, -0.25) is 0 Å². The minimum atomic E-state index is -3.44. The fourth-order valence-electron chi connectivity index (χ4n) is 2.72. The molecule has 5 nitrogen and oxygen atoms in total. The molecule has 1 aromatic rings. The van der Waals surface area contributed by atoms with Gasteiger partial charge in [0.05, 0.1) is 0 Å². The van der Waals surface area contributed by atoms with Crippen LogP contribution in [-0.2, 0) is 16.8 Å². The van der Waals surface area contributed by atoms with Crippen molar-refractivity contribution in [1.29, 1.82) is 0 Å². The van der Waals surface area contributed by atoms with Gasteiger partial charge in [-0.15, -0.1) is 0 Å². The van der Waals surface area contributed by atoms with E-state index in [-0.39, 0.29) is 6.04 Å². The monoisotopic (exact) mass is 311 g/mol. The molecule has 1 saturated heterocycles. The molecule has 2 N–H and O–H groups in total. The van der Waals surface area contributed by atoms with Gasteiger partial charge in [-0.05, 0) is 25.3 Å². The van der Waals surface area contributed by atoms with E-state index < -0.39 is 10.2 Å². The Balaban J connectivity index is 2.12. The van der Waals surface area contributed by atoms with Crippen LogP contribution < -0.4 is 5.73 Å². The minimum Gasteiger partial charge on any atom is -0.329 e. The molecule has 6 heteroatoms. The molecule has 1 aromatic carbocycles. The van der Waals surface area contributed by atoms with Gasteiger partial charge < -0.3 is 5.73 Å². The zero-order chi connectivity index (χ0) is 15.5. The largest absolute Gasteiger partial charge is 0.329 e. The van der Waals surface area contributed by atoms with Crippen LogP contribution in [0.2, 0.25) is 0 Å². The summed E-state index contributed by atoms with van der Waals surface area (Å²) >= 11 is 0. The van der Waals surface area contributed by atoms with E-state index in [1.54, 1.807) is 11.4 Å². The van der Waals surface area contributed by atoms with Crippen LogP contribution in [0, 0.1) is 6.92 Å². The van der Waals surface area contributed by atoms with Crippen LogP contribution in [-0.4, -0.2) is 43.2 Å². The molecular formula is C15H25N3O2S. The minimum absolute atomic E-state index is 0.0655. The highest BCUT2D eigenvalue weighted by molar-refractivity contribution is 7.86. The Kier molecular flexibility index (Phi) is 5.37. The maximum absolute atomic E-state index is 12.7. The number of hydrogen-bond donors (Lipinski definition) is 1. The van der Waals surface area contributed by atoms with Crippen molar-refractivity contribution >= 4 is 10.2 Å².